The summed E-state index contributed by atoms with van der Waals surface area (Å²) >= 11 is 0. The zero-order chi connectivity index (χ0) is 16.8. The highest BCUT2D eigenvalue weighted by atomic mass is 16.5. The highest BCUT2D eigenvalue weighted by Gasteiger charge is 2.34. The molecule has 124 valence electrons. The van der Waals surface area contributed by atoms with E-state index in [0.717, 1.165) is 38.1 Å². The number of aromatic nitrogens is 1. The number of hydrogen-bond donors (Lipinski definition) is 0. The molecule has 0 N–H and O–H groups in total. The number of ether oxygens (including phenoxy) is 1. The highest BCUT2D eigenvalue weighted by Crippen LogP contribution is 2.26. The third-order valence-electron chi connectivity index (χ3n) is 4.59. The van der Waals surface area contributed by atoms with Crippen molar-refractivity contribution in [2.75, 3.05) is 13.2 Å². The second-order valence-electron chi connectivity index (χ2n) is 6.20. The van der Waals surface area contributed by atoms with Crippen LogP contribution in [0.2, 0.25) is 0 Å². The Bertz CT molecular complexity index is 696. The number of likely N-dealkylation sites (tertiary alicyclic amines) is 1. The topological polar surface area (TPSA) is 49.1 Å². The maximum absolute atomic E-state index is 9.09. The molecule has 0 unspecified atom stereocenters. The summed E-state index contributed by atoms with van der Waals surface area (Å²) in [5, 5.41) is 9.09. The van der Waals surface area contributed by atoms with Crippen LogP contribution in [0.3, 0.4) is 0 Å². The molecule has 0 bridgehead atoms. The summed E-state index contributed by atoms with van der Waals surface area (Å²) in [5.74, 6) is 0. The number of rotatable bonds is 6. The molecule has 24 heavy (non-hydrogen) atoms. The Morgan fingerprint density at radius 1 is 1.29 bits per heavy atom. The van der Waals surface area contributed by atoms with E-state index in [2.05, 4.69) is 35.0 Å². The van der Waals surface area contributed by atoms with Gasteiger partial charge in [-0.05, 0) is 49.1 Å². The van der Waals surface area contributed by atoms with Gasteiger partial charge in [0.15, 0.2) is 0 Å². The quantitative estimate of drug-likeness (QED) is 0.820. The third-order valence-corrected chi connectivity index (χ3v) is 4.59. The van der Waals surface area contributed by atoms with Crippen molar-refractivity contribution in [1.29, 1.82) is 5.26 Å². The summed E-state index contributed by atoms with van der Waals surface area (Å²) in [6.45, 7) is 4.67. The average molecular weight is 321 g/mol. The molecule has 3 rings (SSSR count). The molecule has 1 aliphatic heterocycles. The molecular weight excluding hydrogens is 298 g/mol. The van der Waals surface area contributed by atoms with E-state index in [-0.39, 0.29) is 6.10 Å². The van der Waals surface area contributed by atoms with E-state index < -0.39 is 0 Å². The molecule has 0 saturated carbocycles. The Labute approximate surface area is 143 Å². The minimum atomic E-state index is 0.259. The fraction of sp³-hybridized carbons (Fsp3) is 0.400. The highest BCUT2D eigenvalue weighted by molar-refractivity contribution is 5.32. The van der Waals surface area contributed by atoms with Gasteiger partial charge in [-0.2, -0.15) is 5.26 Å². The van der Waals surface area contributed by atoms with Gasteiger partial charge in [0.1, 0.15) is 0 Å². The molecule has 1 aromatic carbocycles. The molecule has 1 aliphatic rings. The normalized spacial score (nSPS) is 20.8. The van der Waals surface area contributed by atoms with Crippen LogP contribution in [-0.4, -0.2) is 35.2 Å². The van der Waals surface area contributed by atoms with Crippen molar-refractivity contribution in [3.8, 4) is 6.07 Å². The van der Waals surface area contributed by atoms with Crippen molar-refractivity contribution < 1.29 is 4.74 Å². The molecule has 0 amide bonds. The third kappa shape index (κ3) is 4.00. The molecule has 2 aromatic rings. The summed E-state index contributed by atoms with van der Waals surface area (Å²) in [5.41, 5.74) is 3.14. The largest absolute Gasteiger partial charge is 0.377 e. The second-order valence-corrected chi connectivity index (χ2v) is 6.20. The lowest BCUT2D eigenvalue weighted by Gasteiger charge is -2.28. The standard InChI is InChI=1S/C20H23N3O/c1-2-24-20-8-10-23(15-18-6-3-5-16(11-18)13-21)19(20)12-17-7-4-9-22-14-17/h3-7,9,11,14,19-20H,2,8,10,12,15H2,1H3/t19-,20-/m1/s1. The van der Waals surface area contributed by atoms with Crippen molar-refractivity contribution in [2.24, 2.45) is 0 Å². The van der Waals surface area contributed by atoms with E-state index >= 15 is 0 Å². The van der Waals surface area contributed by atoms with Crippen molar-refractivity contribution in [3.63, 3.8) is 0 Å². The Morgan fingerprint density at radius 2 is 2.17 bits per heavy atom. The van der Waals surface area contributed by atoms with Crippen LogP contribution in [0.1, 0.15) is 30.0 Å². The Hall–Kier alpha value is -2.22. The van der Waals surface area contributed by atoms with Gasteiger partial charge in [0.25, 0.3) is 0 Å². The minimum absolute atomic E-state index is 0.259. The Balaban J connectivity index is 1.76. The van der Waals surface area contributed by atoms with Crippen molar-refractivity contribution in [1.82, 2.24) is 9.88 Å². The van der Waals surface area contributed by atoms with Gasteiger partial charge in [-0.25, -0.2) is 0 Å². The van der Waals surface area contributed by atoms with Gasteiger partial charge in [0.2, 0.25) is 0 Å². The summed E-state index contributed by atoms with van der Waals surface area (Å²) < 4.78 is 5.99. The smallest absolute Gasteiger partial charge is 0.0991 e. The van der Waals surface area contributed by atoms with Gasteiger partial charge >= 0.3 is 0 Å². The number of nitriles is 1. The summed E-state index contributed by atoms with van der Waals surface area (Å²) in [6, 6.07) is 14.6. The van der Waals surface area contributed by atoms with Gasteiger partial charge < -0.3 is 4.74 Å². The van der Waals surface area contributed by atoms with Crippen LogP contribution in [0.5, 0.6) is 0 Å². The van der Waals surface area contributed by atoms with Crippen LogP contribution >= 0.6 is 0 Å². The molecule has 0 spiro atoms. The monoisotopic (exact) mass is 321 g/mol. The first-order valence-electron chi connectivity index (χ1n) is 8.53. The SMILES string of the molecule is CCO[C@@H]1CCN(Cc2cccc(C#N)c2)[C@@H]1Cc1cccnc1. The number of benzene rings is 1. The van der Waals surface area contributed by atoms with Gasteiger partial charge in [-0.3, -0.25) is 9.88 Å². The molecule has 1 saturated heterocycles. The molecule has 0 aliphatic carbocycles. The van der Waals surface area contributed by atoms with Crippen molar-refractivity contribution >= 4 is 0 Å². The first-order chi connectivity index (χ1) is 11.8. The first kappa shape index (κ1) is 16.6. The fourth-order valence-corrected chi connectivity index (χ4v) is 3.49. The molecule has 2 atom stereocenters. The first-order valence-corrected chi connectivity index (χ1v) is 8.53. The molecule has 2 heterocycles. The van der Waals surface area contributed by atoms with Crippen molar-refractivity contribution in [2.45, 2.75) is 38.5 Å². The van der Waals surface area contributed by atoms with Crippen molar-refractivity contribution in [3.05, 3.63) is 65.5 Å². The Kier molecular flexibility index (Phi) is 5.58. The lowest BCUT2D eigenvalue weighted by Crippen LogP contribution is -2.37. The molecule has 1 fully saturated rings. The molecular formula is C20H23N3O. The summed E-state index contributed by atoms with van der Waals surface area (Å²) in [7, 11) is 0. The van der Waals surface area contributed by atoms with E-state index in [9.17, 15) is 0 Å². The average Bonchev–Trinajstić information content (AvgIpc) is 2.98. The van der Waals surface area contributed by atoms with E-state index in [0.29, 0.717) is 6.04 Å². The van der Waals surface area contributed by atoms with Gasteiger partial charge in [0.05, 0.1) is 17.7 Å². The number of nitrogens with zero attached hydrogens (tertiary/aromatic N) is 3. The second kappa shape index (κ2) is 8.05. The van der Waals surface area contributed by atoms with Gasteiger partial charge in [0, 0.05) is 38.1 Å². The number of pyridine rings is 1. The molecule has 1 aromatic heterocycles. The van der Waals surface area contributed by atoms with Crippen LogP contribution in [-0.2, 0) is 17.7 Å². The van der Waals surface area contributed by atoms with Crippen LogP contribution in [0.25, 0.3) is 0 Å². The molecule has 0 radical (unpaired) electrons. The van der Waals surface area contributed by atoms with E-state index in [1.54, 1.807) is 0 Å². The van der Waals surface area contributed by atoms with E-state index in [4.69, 9.17) is 10.00 Å². The zero-order valence-electron chi connectivity index (χ0n) is 14.1. The minimum Gasteiger partial charge on any atom is -0.377 e. The Morgan fingerprint density at radius 3 is 2.92 bits per heavy atom. The zero-order valence-corrected chi connectivity index (χ0v) is 14.1. The molecule has 4 nitrogen and oxygen atoms in total. The fourth-order valence-electron chi connectivity index (χ4n) is 3.49. The lowest BCUT2D eigenvalue weighted by atomic mass is 10.0. The number of hydrogen-bond acceptors (Lipinski definition) is 4. The van der Waals surface area contributed by atoms with E-state index in [1.807, 2.05) is 36.7 Å². The van der Waals surface area contributed by atoms with Gasteiger partial charge in [-0.15, -0.1) is 0 Å². The van der Waals surface area contributed by atoms with Gasteiger partial charge in [-0.1, -0.05) is 18.2 Å². The summed E-state index contributed by atoms with van der Waals surface area (Å²) in [4.78, 5) is 6.71. The van der Waals surface area contributed by atoms with Crippen LogP contribution in [0.4, 0.5) is 0 Å². The van der Waals surface area contributed by atoms with Crippen LogP contribution < -0.4 is 0 Å². The maximum Gasteiger partial charge on any atom is 0.0991 e. The van der Waals surface area contributed by atoms with Crippen LogP contribution in [0.15, 0.2) is 48.8 Å². The predicted molar refractivity (Wildman–Crippen MR) is 93.3 cm³/mol. The van der Waals surface area contributed by atoms with E-state index in [1.165, 1.54) is 11.1 Å². The maximum atomic E-state index is 9.09. The predicted octanol–water partition coefficient (Wildman–Crippen LogP) is 3.18. The molecule has 4 heteroatoms. The summed E-state index contributed by atoms with van der Waals surface area (Å²) in [6.07, 6.45) is 6.00. The van der Waals surface area contributed by atoms with Crippen LogP contribution in [0, 0.1) is 11.3 Å². The lowest BCUT2D eigenvalue weighted by molar-refractivity contribution is 0.0331.